The predicted octanol–water partition coefficient (Wildman–Crippen LogP) is 5.49. The van der Waals surface area contributed by atoms with Crippen LogP contribution in [0.25, 0.3) is 5.57 Å². The van der Waals surface area contributed by atoms with Crippen LogP contribution in [-0.4, -0.2) is 48.9 Å². The van der Waals surface area contributed by atoms with Gasteiger partial charge in [-0.15, -0.1) is 0 Å². The summed E-state index contributed by atoms with van der Waals surface area (Å²) in [4.78, 5) is 19.2. The van der Waals surface area contributed by atoms with E-state index in [0.717, 1.165) is 36.9 Å². The Bertz CT molecular complexity index is 813. The van der Waals surface area contributed by atoms with Gasteiger partial charge in [-0.3, -0.25) is 9.79 Å². The highest BCUT2D eigenvalue weighted by Crippen LogP contribution is 2.27. The maximum atomic E-state index is 14.7. The first kappa shape index (κ1) is 25.1. The standard InChI is InChI=1S/C25H37FN2O3/c1-7-17(3)16-28(8-2)25(29)20(6)27-19(5)18(4)21-9-10-24(23(26)15-21)31-22-11-13-30-14-12-22/h9-10,15,17,22H,7-8,11-14,16H2,1-6H3/b19-18+,27-20?. The number of rotatable bonds is 9. The number of hydrogen-bond acceptors (Lipinski definition) is 4. The molecular formula is C25H37FN2O3. The average Bonchev–Trinajstić information content (AvgIpc) is 2.78. The number of carbonyl (C=O) groups excluding carboxylic acids is 1. The predicted molar refractivity (Wildman–Crippen MR) is 124 cm³/mol. The fraction of sp³-hybridized carbons (Fsp3) is 0.600. The highest BCUT2D eigenvalue weighted by Gasteiger charge is 2.19. The molecular weight excluding hydrogens is 395 g/mol. The summed E-state index contributed by atoms with van der Waals surface area (Å²) in [6, 6.07) is 4.98. The molecule has 0 N–H and O–H groups in total. The van der Waals surface area contributed by atoms with Gasteiger partial charge in [-0.2, -0.15) is 0 Å². The summed E-state index contributed by atoms with van der Waals surface area (Å²) in [6.07, 6.45) is 2.56. The number of allylic oxidation sites excluding steroid dienone is 2. The van der Waals surface area contributed by atoms with Crippen molar-refractivity contribution in [1.82, 2.24) is 4.90 Å². The number of amides is 1. The molecule has 1 aromatic rings. The lowest BCUT2D eigenvalue weighted by molar-refractivity contribution is -0.124. The second kappa shape index (κ2) is 12.0. The molecule has 1 heterocycles. The summed E-state index contributed by atoms with van der Waals surface area (Å²) in [7, 11) is 0. The van der Waals surface area contributed by atoms with E-state index in [2.05, 4.69) is 18.8 Å². The van der Waals surface area contributed by atoms with Gasteiger partial charge in [0.15, 0.2) is 11.6 Å². The summed E-state index contributed by atoms with van der Waals surface area (Å²) in [6.45, 7) is 14.4. The Morgan fingerprint density at radius 2 is 1.94 bits per heavy atom. The Kier molecular flexibility index (Phi) is 9.69. The number of aliphatic imine (C=N–C) groups is 1. The van der Waals surface area contributed by atoms with Crippen LogP contribution in [0.4, 0.5) is 4.39 Å². The number of halogens is 1. The van der Waals surface area contributed by atoms with Crippen LogP contribution in [0.15, 0.2) is 28.9 Å². The van der Waals surface area contributed by atoms with E-state index in [-0.39, 0.29) is 17.8 Å². The molecule has 0 bridgehead atoms. The van der Waals surface area contributed by atoms with Gasteiger partial charge >= 0.3 is 0 Å². The topological polar surface area (TPSA) is 51.1 Å². The molecule has 1 aliphatic rings. The number of benzene rings is 1. The Morgan fingerprint density at radius 3 is 2.52 bits per heavy atom. The van der Waals surface area contributed by atoms with Crippen molar-refractivity contribution in [1.29, 1.82) is 0 Å². The minimum Gasteiger partial charge on any atom is -0.487 e. The third-order valence-electron chi connectivity index (χ3n) is 5.91. The molecule has 0 saturated carbocycles. The minimum absolute atomic E-state index is 0.0114. The van der Waals surface area contributed by atoms with Crippen molar-refractivity contribution in [3.8, 4) is 5.75 Å². The van der Waals surface area contributed by atoms with Crippen LogP contribution in [0.1, 0.15) is 66.4 Å². The monoisotopic (exact) mass is 432 g/mol. The molecule has 0 radical (unpaired) electrons. The largest absolute Gasteiger partial charge is 0.487 e. The highest BCUT2D eigenvalue weighted by atomic mass is 19.1. The van der Waals surface area contributed by atoms with Gasteiger partial charge in [0.2, 0.25) is 0 Å². The Hall–Kier alpha value is -2.21. The number of nitrogens with zero attached hydrogens (tertiary/aromatic N) is 2. The molecule has 5 nitrogen and oxygen atoms in total. The Morgan fingerprint density at radius 1 is 1.26 bits per heavy atom. The summed E-state index contributed by atoms with van der Waals surface area (Å²) < 4.78 is 25.8. The summed E-state index contributed by atoms with van der Waals surface area (Å²) in [5.41, 5.74) is 2.70. The van der Waals surface area contributed by atoms with Gasteiger partial charge in [-0.05, 0) is 56.9 Å². The number of ether oxygens (including phenoxy) is 2. The first-order valence-corrected chi connectivity index (χ1v) is 11.3. The van der Waals surface area contributed by atoms with Crippen LogP contribution in [0.3, 0.4) is 0 Å². The quantitative estimate of drug-likeness (QED) is 0.485. The SMILES string of the molecule is CCC(C)CN(CC)C(=O)C(C)=N/C(C)=C(\C)c1ccc(OC2CCOCC2)c(F)c1. The molecule has 6 heteroatoms. The van der Waals surface area contributed by atoms with Gasteiger partial charge in [0.25, 0.3) is 5.91 Å². The van der Waals surface area contributed by atoms with Gasteiger partial charge in [0.05, 0.1) is 13.2 Å². The lowest BCUT2D eigenvalue weighted by Crippen LogP contribution is -2.38. The van der Waals surface area contributed by atoms with Crippen LogP contribution >= 0.6 is 0 Å². The minimum atomic E-state index is -0.390. The van der Waals surface area contributed by atoms with E-state index < -0.39 is 5.82 Å². The van der Waals surface area contributed by atoms with Crippen LogP contribution < -0.4 is 4.74 Å². The van der Waals surface area contributed by atoms with Crippen molar-refractivity contribution >= 4 is 17.2 Å². The molecule has 0 aliphatic carbocycles. The summed E-state index contributed by atoms with van der Waals surface area (Å²) in [5, 5.41) is 0. The van der Waals surface area contributed by atoms with Crippen molar-refractivity contribution in [2.24, 2.45) is 10.9 Å². The molecule has 1 unspecified atom stereocenters. The van der Waals surface area contributed by atoms with E-state index in [1.165, 1.54) is 6.07 Å². The Balaban J connectivity index is 2.15. The summed E-state index contributed by atoms with van der Waals surface area (Å²) >= 11 is 0. The van der Waals surface area contributed by atoms with Crippen LogP contribution in [0.5, 0.6) is 5.75 Å². The molecule has 2 rings (SSSR count). The normalized spacial score (nSPS) is 17.2. The molecule has 1 aromatic carbocycles. The van der Waals surface area contributed by atoms with Crippen LogP contribution in [-0.2, 0) is 9.53 Å². The summed E-state index contributed by atoms with van der Waals surface area (Å²) in [5.74, 6) is 0.263. The van der Waals surface area contributed by atoms with Crippen LogP contribution in [0.2, 0.25) is 0 Å². The van der Waals surface area contributed by atoms with E-state index in [1.54, 1.807) is 13.0 Å². The molecule has 1 aliphatic heterocycles. The van der Waals surface area contributed by atoms with Crippen molar-refractivity contribution in [3.63, 3.8) is 0 Å². The maximum Gasteiger partial charge on any atom is 0.267 e. The molecule has 0 spiro atoms. The molecule has 31 heavy (non-hydrogen) atoms. The van der Waals surface area contributed by atoms with E-state index in [0.29, 0.717) is 37.1 Å². The van der Waals surface area contributed by atoms with Crippen molar-refractivity contribution in [3.05, 3.63) is 35.3 Å². The van der Waals surface area contributed by atoms with Gasteiger partial charge < -0.3 is 14.4 Å². The van der Waals surface area contributed by atoms with Crippen molar-refractivity contribution in [2.75, 3.05) is 26.3 Å². The van der Waals surface area contributed by atoms with Gasteiger partial charge in [0, 0.05) is 31.6 Å². The van der Waals surface area contributed by atoms with Gasteiger partial charge in [-0.25, -0.2) is 4.39 Å². The molecule has 1 amide bonds. The number of hydrogen-bond donors (Lipinski definition) is 0. The molecule has 172 valence electrons. The second-order valence-electron chi connectivity index (χ2n) is 8.34. The van der Waals surface area contributed by atoms with Gasteiger partial charge in [-0.1, -0.05) is 26.3 Å². The van der Waals surface area contributed by atoms with Crippen molar-refractivity contribution < 1.29 is 18.7 Å². The van der Waals surface area contributed by atoms with Crippen LogP contribution in [0, 0.1) is 11.7 Å². The van der Waals surface area contributed by atoms with E-state index >= 15 is 0 Å². The fourth-order valence-electron chi connectivity index (χ4n) is 3.48. The molecule has 1 atom stereocenters. The first-order valence-electron chi connectivity index (χ1n) is 11.3. The average molecular weight is 433 g/mol. The zero-order valence-corrected chi connectivity index (χ0v) is 19.8. The van der Waals surface area contributed by atoms with E-state index in [9.17, 15) is 9.18 Å². The second-order valence-corrected chi connectivity index (χ2v) is 8.34. The fourth-order valence-corrected chi connectivity index (χ4v) is 3.48. The molecule has 0 aromatic heterocycles. The lowest BCUT2D eigenvalue weighted by Gasteiger charge is -2.24. The van der Waals surface area contributed by atoms with Gasteiger partial charge in [0.1, 0.15) is 11.8 Å². The third kappa shape index (κ3) is 7.17. The zero-order chi connectivity index (χ0) is 23.0. The smallest absolute Gasteiger partial charge is 0.267 e. The zero-order valence-electron chi connectivity index (χ0n) is 19.8. The first-order chi connectivity index (χ1) is 14.8. The molecule has 1 saturated heterocycles. The lowest BCUT2D eigenvalue weighted by atomic mass is 10.1. The molecule has 1 fully saturated rings. The number of carbonyl (C=O) groups is 1. The Labute approximate surface area is 186 Å². The maximum absolute atomic E-state index is 14.7. The van der Waals surface area contributed by atoms with E-state index in [1.807, 2.05) is 31.7 Å². The highest BCUT2D eigenvalue weighted by molar-refractivity contribution is 6.38. The third-order valence-corrected chi connectivity index (χ3v) is 5.91. The van der Waals surface area contributed by atoms with Crippen molar-refractivity contribution in [2.45, 2.75) is 66.9 Å². The van der Waals surface area contributed by atoms with E-state index in [4.69, 9.17) is 9.47 Å².